The molecule has 1 aliphatic heterocycles. The van der Waals surface area contributed by atoms with Crippen LogP contribution < -0.4 is 5.32 Å². The average Bonchev–Trinajstić information content (AvgIpc) is 2.84. The molecule has 4 heteroatoms. The average molecular weight is 264 g/mol. The molecule has 0 aliphatic carbocycles. The number of likely N-dealkylation sites (N-methyl/N-ethyl adjacent to an activating group) is 1. The molecule has 0 bridgehead atoms. The molecule has 1 N–H and O–H groups in total. The molecule has 1 aliphatic rings. The van der Waals surface area contributed by atoms with Crippen molar-refractivity contribution in [2.24, 2.45) is 0 Å². The molecular weight excluding hydrogens is 246 g/mol. The lowest BCUT2D eigenvalue weighted by atomic mass is 10.1. The van der Waals surface area contributed by atoms with Gasteiger partial charge in [0.05, 0.1) is 11.6 Å². The molecule has 1 aromatic rings. The third-order valence-corrected chi connectivity index (χ3v) is 3.67. The number of nitrogens with zero attached hydrogens (tertiary/aromatic N) is 2. The molecule has 96 valence electrons. The molecule has 1 heterocycles. The number of rotatable bonds is 4. The van der Waals surface area contributed by atoms with E-state index in [0.717, 1.165) is 25.2 Å². The number of benzene rings is 1. The third-order valence-electron chi connectivity index (χ3n) is 3.32. The summed E-state index contributed by atoms with van der Waals surface area (Å²) < 4.78 is 0. The highest BCUT2D eigenvalue weighted by atomic mass is 35.5. The molecule has 0 amide bonds. The molecule has 2 rings (SSSR count). The van der Waals surface area contributed by atoms with Crippen LogP contribution in [0.5, 0.6) is 0 Å². The fourth-order valence-electron chi connectivity index (χ4n) is 2.39. The van der Waals surface area contributed by atoms with Crippen LogP contribution in [0.2, 0.25) is 5.02 Å². The van der Waals surface area contributed by atoms with Crippen LogP contribution in [0.3, 0.4) is 0 Å². The Morgan fingerprint density at radius 2 is 2.39 bits per heavy atom. The molecule has 0 spiro atoms. The molecule has 0 saturated carbocycles. The van der Waals surface area contributed by atoms with E-state index in [0.29, 0.717) is 16.6 Å². The fourth-order valence-corrected chi connectivity index (χ4v) is 2.63. The second-order valence-electron chi connectivity index (χ2n) is 4.91. The lowest BCUT2D eigenvalue weighted by molar-refractivity contribution is 0.293. The zero-order chi connectivity index (χ0) is 13.0. The maximum absolute atomic E-state index is 8.80. The van der Waals surface area contributed by atoms with Gasteiger partial charge in [0.15, 0.2) is 0 Å². The van der Waals surface area contributed by atoms with Gasteiger partial charge >= 0.3 is 0 Å². The third kappa shape index (κ3) is 3.46. The Kier molecular flexibility index (Phi) is 4.60. The van der Waals surface area contributed by atoms with Crippen molar-refractivity contribution in [3.63, 3.8) is 0 Å². The lowest BCUT2D eigenvalue weighted by Gasteiger charge is -2.21. The summed E-state index contributed by atoms with van der Waals surface area (Å²) in [7, 11) is 2.11. The lowest BCUT2D eigenvalue weighted by Crippen LogP contribution is -2.35. The highest BCUT2D eigenvalue weighted by Crippen LogP contribution is 2.19. The summed E-state index contributed by atoms with van der Waals surface area (Å²) in [6.07, 6.45) is 2.53. The zero-order valence-corrected chi connectivity index (χ0v) is 11.4. The van der Waals surface area contributed by atoms with E-state index in [2.05, 4.69) is 23.3 Å². The minimum absolute atomic E-state index is 0.604. The highest BCUT2D eigenvalue weighted by Gasteiger charge is 2.16. The normalized spacial score (nSPS) is 19.1. The Balaban J connectivity index is 1.94. The molecule has 1 unspecified atom stereocenters. The van der Waals surface area contributed by atoms with Gasteiger partial charge in [0.1, 0.15) is 0 Å². The van der Waals surface area contributed by atoms with Crippen molar-refractivity contribution >= 4 is 11.6 Å². The topological polar surface area (TPSA) is 39.1 Å². The van der Waals surface area contributed by atoms with E-state index in [1.807, 2.05) is 12.1 Å². The molecule has 3 nitrogen and oxygen atoms in total. The molecule has 0 radical (unpaired) electrons. The zero-order valence-electron chi connectivity index (χ0n) is 10.6. The van der Waals surface area contributed by atoms with E-state index in [1.165, 1.54) is 12.8 Å². The summed E-state index contributed by atoms with van der Waals surface area (Å²) in [5.41, 5.74) is 1.69. The van der Waals surface area contributed by atoms with E-state index in [9.17, 15) is 0 Å². The number of nitrogens with one attached hydrogen (secondary N) is 1. The van der Waals surface area contributed by atoms with Crippen molar-refractivity contribution in [3.05, 3.63) is 34.3 Å². The molecule has 18 heavy (non-hydrogen) atoms. The first-order chi connectivity index (χ1) is 8.69. The van der Waals surface area contributed by atoms with Gasteiger partial charge < -0.3 is 10.2 Å². The van der Waals surface area contributed by atoms with Gasteiger partial charge in [-0.3, -0.25) is 0 Å². The number of hydrogen-bond donors (Lipinski definition) is 1. The smallest absolute Gasteiger partial charge is 0.0992 e. The minimum Gasteiger partial charge on any atom is -0.313 e. The van der Waals surface area contributed by atoms with Crippen LogP contribution in [0.1, 0.15) is 24.0 Å². The van der Waals surface area contributed by atoms with E-state index in [1.54, 1.807) is 6.07 Å². The maximum Gasteiger partial charge on any atom is 0.0992 e. The number of hydrogen-bond acceptors (Lipinski definition) is 3. The first-order valence-corrected chi connectivity index (χ1v) is 6.67. The second kappa shape index (κ2) is 6.19. The summed E-state index contributed by atoms with van der Waals surface area (Å²) in [6.45, 7) is 3.00. The van der Waals surface area contributed by atoms with Crippen molar-refractivity contribution in [2.75, 3.05) is 20.1 Å². The predicted octanol–water partition coefficient (Wildman–Crippen LogP) is 2.40. The second-order valence-corrected chi connectivity index (χ2v) is 5.32. The Hall–Kier alpha value is -1.08. The molecule has 1 saturated heterocycles. The fraction of sp³-hybridized carbons (Fsp3) is 0.500. The van der Waals surface area contributed by atoms with Crippen LogP contribution in [-0.4, -0.2) is 31.1 Å². The highest BCUT2D eigenvalue weighted by molar-refractivity contribution is 6.31. The SMILES string of the molecule is CN(Cc1ccc(C#N)cc1Cl)CC1CCCN1. The van der Waals surface area contributed by atoms with Crippen LogP contribution in [0, 0.1) is 11.3 Å². The summed E-state index contributed by atoms with van der Waals surface area (Å²) in [5, 5.41) is 13.0. The van der Waals surface area contributed by atoms with Crippen LogP contribution in [-0.2, 0) is 6.54 Å². The number of nitriles is 1. The van der Waals surface area contributed by atoms with Crippen molar-refractivity contribution in [1.29, 1.82) is 5.26 Å². The Labute approximate surface area is 113 Å². The van der Waals surface area contributed by atoms with E-state index >= 15 is 0 Å². The Morgan fingerprint density at radius 3 is 3.00 bits per heavy atom. The Bertz CT molecular complexity index is 447. The van der Waals surface area contributed by atoms with Crippen LogP contribution >= 0.6 is 11.6 Å². The summed E-state index contributed by atoms with van der Waals surface area (Å²) in [6, 6.07) is 8.20. The van der Waals surface area contributed by atoms with Gasteiger partial charge in [-0.05, 0) is 44.1 Å². The quantitative estimate of drug-likeness (QED) is 0.907. The van der Waals surface area contributed by atoms with Gasteiger partial charge in [0, 0.05) is 24.2 Å². The monoisotopic (exact) mass is 263 g/mol. The van der Waals surface area contributed by atoms with Gasteiger partial charge in [-0.1, -0.05) is 17.7 Å². The molecular formula is C14H18ClN3. The first kappa shape index (κ1) is 13.4. The van der Waals surface area contributed by atoms with Crippen molar-refractivity contribution < 1.29 is 0 Å². The van der Waals surface area contributed by atoms with Gasteiger partial charge in [0.2, 0.25) is 0 Å². The van der Waals surface area contributed by atoms with E-state index in [-0.39, 0.29) is 0 Å². The van der Waals surface area contributed by atoms with Gasteiger partial charge in [0.25, 0.3) is 0 Å². The Morgan fingerprint density at radius 1 is 1.56 bits per heavy atom. The molecule has 1 fully saturated rings. The number of halogens is 1. The largest absolute Gasteiger partial charge is 0.313 e. The summed E-state index contributed by atoms with van der Waals surface area (Å²) in [4.78, 5) is 2.27. The summed E-state index contributed by atoms with van der Waals surface area (Å²) >= 11 is 6.18. The van der Waals surface area contributed by atoms with Crippen LogP contribution in [0.25, 0.3) is 0 Å². The first-order valence-electron chi connectivity index (χ1n) is 6.29. The van der Waals surface area contributed by atoms with Crippen molar-refractivity contribution in [2.45, 2.75) is 25.4 Å². The van der Waals surface area contributed by atoms with Crippen LogP contribution in [0.15, 0.2) is 18.2 Å². The minimum atomic E-state index is 0.604. The van der Waals surface area contributed by atoms with Gasteiger partial charge in [-0.2, -0.15) is 5.26 Å². The van der Waals surface area contributed by atoms with Crippen molar-refractivity contribution in [3.8, 4) is 6.07 Å². The standard InChI is InChI=1S/C14H18ClN3/c1-18(10-13-3-2-6-17-13)9-12-5-4-11(8-16)7-14(12)15/h4-5,7,13,17H,2-3,6,9-10H2,1H3. The van der Waals surface area contributed by atoms with Gasteiger partial charge in [-0.15, -0.1) is 0 Å². The molecule has 1 aromatic carbocycles. The van der Waals surface area contributed by atoms with Crippen molar-refractivity contribution in [1.82, 2.24) is 10.2 Å². The molecule has 1 atom stereocenters. The predicted molar refractivity (Wildman–Crippen MR) is 73.5 cm³/mol. The van der Waals surface area contributed by atoms with Gasteiger partial charge in [-0.25, -0.2) is 0 Å². The van der Waals surface area contributed by atoms with Crippen LogP contribution in [0.4, 0.5) is 0 Å². The maximum atomic E-state index is 8.80. The summed E-state index contributed by atoms with van der Waals surface area (Å²) in [5.74, 6) is 0. The van der Waals surface area contributed by atoms with E-state index in [4.69, 9.17) is 16.9 Å². The van der Waals surface area contributed by atoms with E-state index < -0.39 is 0 Å². The molecule has 0 aromatic heterocycles.